The molecule has 6 heteroatoms. The smallest absolute Gasteiger partial charge is 0.191 e. The summed E-state index contributed by atoms with van der Waals surface area (Å²) >= 11 is 0. The van der Waals surface area contributed by atoms with Crippen LogP contribution in [0.4, 0.5) is 0 Å². The first kappa shape index (κ1) is 24.9. The van der Waals surface area contributed by atoms with Gasteiger partial charge in [-0.25, -0.2) is 0 Å². The number of unbranched alkanes of at least 4 members (excludes halogenated alkanes) is 6. The lowest BCUT2D eigenvalue weighted by molar-refractivity contribution is 0.131. The van der Waals surface area contributed by atoms with Crippen LogP contribution in [-0.4, -0.2) is 50.5 Å². The highest BCUT2D eigenvalue weighted by Gasteiger charge is 2.34. The molecule has 1 aliphatic heterocycles. The molecule has 1 heterocycles. The van der Waals surface area contributed by atoms with Crippen LogP contribution in [0.5, 0.6) is 0 Å². The van der Waals surface area contributed by atoms with Crippen LogP contribution in [0.25, 0.3) is 0 Å². The minimum absolute atomic E-state index is 0. The highest BCUT2D eigenvalue weighted by molar-refractivity contribution is 14.0. The predicted molar refractivity (Wildman–Crippen MR) is 117 cm³/mol. The summed E-state index contributed by atoms with van der Waals surface area (Å²) in [7, 11) is 0. The minimum Gasteiger partial charge on any atom is -0.396 e. The van der Waals surface area contributed by atoms with E-state index in [1.54, 1.807) is 0 Å². The minimum atomic E-state index is 0. The summed E-state index contributed by atoms with van der Waals surface area (Å²) in [5, 5.41) is 16.1. The zero-order chi connectivity index (χ0) is 17.5. The Morgan fingerprint density at radius 2 is 1.80 bits per heavy atom. The SMILES string of the molecule is CCCCCCCCCNC(=NCC1(CCO)CCOC1)NCC.I. The Balaban J connectivity index is 0.00000576. The molecule has 0 aromatic rings. The molecule has 1 fully saturated rings. The van der Waals surface area contributed by atoms with Crippen molar-refractivity contribution in [2.75, 3.05) is 39.5 Å². The van der Waals surface area contributed by atoms with Crippen molar-refractivity contribution in [3.63, 3.8) is 0 Å². The molecule has 0 radical (unpaired) electrons. The third-order valence-corrected chi connectivity index (χ3v) is 4.82. The van der Waals surface area contributed by atoms with E-state index in [4.69, 9.17) is 9.73 Å². The van der Waals surface area contributed by atoms with Gasteiger partial charge in [0.25, 0.3) is 0 Å². The number of rotatable bonds is 13. The number of nitrogens with one attached hydrogen (secondary N) is 2. The molecule has 150 valence electrons. The van der Waals surface area contributed by atoms with Crippen molar-refractivity contribution in [3.05, 3.63) is 0 Å². The van der Waals surface area contributed by atoms with Gasteiger partial charge >= 0.3 is 0 Å². The fourth-order valence-electron chi connectivity index (χ4n) is 3.17. The Morgan fingerprint density at radius 1 is 1.08 bits per heavy atom. The van der Waals surface area contributed by atoms with Gasteiger partial charge in [0.2, 0.25) is 0 Å². The maximum atomic E-state index is 9.30. The molecule has 1 aliphatic rings. The number of nitrogens with zero attached hydrogens (tertiary/aromatic N) is 1. The van der Waals surface area contributed by atoms with Crippen LogP contribution < -0.4 is 10.6 Å². The molecule has 5 nitrogen and oxygen atoms in total. The van der Waals surface area contributed by atoms with Crippen LogP contribution in [0.15, 0.2) is 4.99 Å². The number of aliphatic imine (C=N–C) groups is 1. The number of hydrogen-bond acceptors (Lipinski definition) is 3. The molecule has 1 unspecified atom stereocenters. The van der Waals surface area contributed by atoms with E-state index < -0.39 is 0 Å². The molecule has 25 heavy (non-hydrogen) atoms. The first-order valence-corrected chi connectivity index (χ1v) is 9.97. The van der Waals surface area contributed by atoms with Gasteiger partial charge < -0.3 is 20.5 Å². The average molecular weight is 469 g/mol. The third-order valence-electron chi connectivity index (χ3n) is 4.82. The standard InChI is InChI=1S/C19H39N3O2.HI/c1-3-5-6-7-8-9-10-13-21-18(20-4-2)22-16-19(11-14-23)12-15-24-17-19;/h23H,3-17H2,1-2H3,(H2,20,21,22);1H. The lowest BCUT2D eigenvalue weighted by Crippen LogP contribution is -2.39. The summed E-state index contributed by atoms with van der Waals surface area (Å²) in [5.74, 6) is 0.896. The topological polar surface area (TPSA) is 65.9 Å². The quantitative estimate of drug-likeness (QED) is 0.167. The van der Waals surface area contributed by atoms with Crippen LogP contribution in [0, 0.1) is 5.41 Å². The van der Waals surface area contributed by atoms with E-state index in [0.717, 1.165) is 45.0 Å². The molecular formula is C19H40IN3O2. The van der Waals surface area contributed by atoms with E-state index >= 15 is 0 Å². The zero-order valence-electron chi connectivity index (χ0n) is 16.3. The summed E-state index contributed by atoms with van der Waals surface area (Å²) in [6.07, 6.45) is 11.0. The average Bonchev–Trinajstić information content (AvgIpc) is 3.04. The molecule has 1 saturated heterocycles. The van der Waals surface area contributed by atoms with E-state index in [1.165, 1.54) is 44.9 Å². The van der Waals surface area contributed by atoms with Crippen LogP contribution in [0.1, 0.15) is 71.6 Å². The molecule has 1 atom stereocenters. The first-order chi connectivity index (χ1) is 11.8. The summed E-state index contributed by atoms with van der Waals surface area (Å²) in [5.41, 5.74) is 0.0242. The van der Waals surface area contributed by atoms with Gasteiger partial charge in [0, 0.05) is 31.7 Å². The maximum Gasteiger partial charge on any atom is 0.191 e. The molecule has 0 amide bonds. The highest BCUT2D eigenvalue weighted by Crippen LogP contribution is 2.32. The van der Waals surface area contributed by atoms with E-state index in [-0.39, 0.29) is 36.0 Å². The van der Waals surface area contributed by atoms with Crippen LogP contribution in [0.3, 0.4) is 0 Å². The van der Waals surface area contributed by atoms with E-state index in [2.05, 4.69) is 24.5 Å². The largest absolute Gasteiger partial charge is 0.396 e. The molecule has 0 aromatic heterocycles. The lowest BCUT2D eigenvalue weighted by Gasteiger charge is -2.24. The van der Waals surface area contributed by atoms with Crippen molar-refractivity contribution in [3.8, 4) is 0 Å². The molecule has 0 saturated carbocycles. The van der Waals surface area contributed by atoms with Crippen molar-refractivity contribution in [1.82, 2.24) is 10.6 Å². The van der Waals surface area contributed by atoms with Gasteiger partial charge in [-0.15, -0.1) is 24.0 Å². The van der Waals surface area contributed by atoms with Gasteiger partial charge in [-0.2, -0.15) is 0 Å². The van der Waals surface area contributed by atoms with Crippen molar-refractivity contribution in [1.29, 1.82) is 0 Å². The second-order valence-corrected chi connectivity index (χ2v) is 7.02. The van der Waals surface area contributed by atoms with Crippen LogP contribution in [-0.2, 0) is 4.74 Å². The number of halogens is 1. The molecule has 0 bridgehead atoms. The molecular weight excluding hydrogens is 429 g/mol. The van der Waals surface area contributed by atoms with Gasteiger partial charge in [0.1, 0.15) is 0 Å². The lowest BCUT2D eigenvalue weighted by atomic mass is 9.84. The summed E-state index contributed by atoms with van der Waals surface area (Å²) in [6, 6.07) is 0. The maximum absolute atomic E-state index is 9.30. The van der Waals surface area contributed by atoms with E-state index in [1.807, 2.05) is 0 Å². The van der Waals surface area contributed by atoms with Crippen molar-refractivity contribution in [2.45, 2.75) is 71.6 Å². The van der Waals surface area contributed by atoms with Gasteiger partial charge in [-0.1, -0.05) is 45.4 Å². The Hall–Kier alpha value is -0.0800. The van der Waals surface area contributed by atoms with Gasteiger partial charge in [0.05, 0.1) is 13.2 Å². The Morgan fingerprint density at radius 3 is 2.40 bits per heavy atom. The molecule has 1 rings (SSSR count). The highest BCUT2D eigenvalue weighted by atomic mass is 127. The van der Waals surface area contributed by atoms with Crippen molar-refractivity contribution >= 4 is 29.9 Å². The second kappa shape index (κ2) is 16.1. The van der Waals surface area contributed by atoms with Crippen molar-refractivity contribution < 1.29 is 9.84 Å². The third kappa shape index (κ3) is 11.3. The van der Waals surface area contributed by atoms with Gasteiger partial charge in [0.15, 0.2) is 5.96 Å². The molecule has 3 N–H and O–H groups in total. The number of ether oxygens (including phenoxy) is 1. The fourth-order valence-corrected chi connectivity index (χ4v) is 3.17. The van der Waals surface area contributed by atoms with Gasteiger partial charge in [-0.3, -0.25) is 4.99 Å². The predicted octanol–water partition coefficient (Wildman–Crippen LogP) is 3.70. The number of hydrogen-bond donors (Lipinski definition) is 3. The van der Waals surface area contributed by atoms with Crippen molar-refractivity contribution in [2.24, 2.45) is 10.4 Å². The zero-order valence-corrected chi connectivity index (χ0v) is 18.6. The van der Waals surface area contributed by atoms with Gasteiger partial charge in [-0.05, 0) is 26.2 Å². The molecule has 0 spiro atoms. The number of aliphatic hydroxyl groups excluding tert-OH is 1. The Bertz CT molecular complexity index is 335. The Kier molecular flexibility index (Phi) is 16.1. The van der Waals surface area contributed by atoms with E-state index in [9.17, 15) is 5.11 Å². The monoisotopic (exact) mass is 469 g/mol. The molecule has 0 aliphatic carbocycles. The summed E-state index contributed by atoms with van der Waals surface area (Å²) in [6.45, 7) is 8.63. The fraction of sp³-hybridized carbons (Fsp3) is 0.947. The first-order valence-electron chi connectivity index (χ1n) is 9.97. The normalized spacial score (nSPS) is 20.4. The summed E-state index contributed by atoms with van der Waals surface area (Å²) < 4.78 is 5.54. The molecule has 0 aromatic carbocycles. The summed E-state index contributed by atoms with van der Waals surface area (Å²) in [4.78, 5) is 4.75. The van der Waals surface area contributed by atoms with Crippen LogP contribution >= 0.6 is 24.0 Å². The number of guanidine groups is 1. The Labute approximate surface area is 171 Å². The second-order valence-electron chi connectivity index (χ2n) is 7.02. The number of aliphatic hydroxyl groups is 1. The van der Waals surface area contributed by atoms with Crippen LogP contribution in [0.2, 0.25) is 0 Å². The van der Waals surface area contributed by atoms with E-state index in [0.29, 0.717) is 6.61 Å².